The van der Waals surface area contributed by atoms with Gasteiger partial charge in [-0.3, -0.25) is 19.7 Å². The average Bonchev–Trinajstić information content (AvgIpc) is 2.23. The summed E-state index contributed by atoms with van der Waals surface area (Å²) in [5, 5.41) is 2.24. The second-order valence-corrected chi connectivity index (χ2v) is 5.29. The highest BCUT2D eigenvalue weighted by molar-refractivity contribution is 6.06. The molecule has 6 nitrogen and oxygen atoms in total. The Kier molecular flexibility index (Phi) is 4.45. The van der Waals surface area contributed by atoms with Gasteiger partial charge in [-0.1, -0.05) is 0 Å². The van der Waals surface area contributed by atoms with E-state index in [4.69, 9.17) is 5.73 Å². The minimum atomic E-state index is -0.973. The van der Waals surface area contributed by atoms with E-state index in [1.54, 1.807) is 13.8 Å². The molecule has 6 heteroatoms. The Labute approximate surface area is 107 Å². The van der Waals surface area contributed by atoms with Crippen LogP contribution in [0.15, 0.2) is 0 Å². The third-order valence-electron chi connectivity index (χ3n) is 3.14. The summed E-state index contributed by atoms with van der Waals surface area (Å²) in [5.74, 6) is -1.04. The van der Waals surface area contributed by atoms with Gasteiger partial charge in [0.15, 0.2) is 0 Å². The first-order chi connectivity index (χ1) is 8.25. The predicted octanol–water partition coefficient (Wildman–Crippen LogP) is -0.232. The molecule has 0 radical (unpaired) electrons. The van der Waals surface area contributed by atoms with Crippen LogP contribution in [0.1, 0.15) is 40.0 Å². The second-order valence-electron chi connectivity index (χ2n) is 5.29. The number of nitrogens with one attached hydrogen (secondary N) is 1. The van der Waals surface area contributed by atoms with Crippen molar-refractivity contribution in [2.24, 2.45) is 5.73 Å². The highest BCUT2D eigenvalue weighted by Gasteiger charge is 2.42. The van der Waals surface area contributed by atoms with Crippen LogP contribution >= 0.6 is 0 Å². The molecular formula is C12H21N3O3. The van der Waals surface area contributed by atoms with E-state index in [0.29, 0.717) is 12.8 Å². The van der Waals surface area contributed by atoms with Gasteiger partial charge < -0.3 is 10.6 Å². The Morgan fingerprint density at radius 1 is 1.50 bits per heavy atom. The van der Waals surface area contributed by atoms with Crippen molar-refractivity contribution in [2.45, 2.75) is 51.6 Å². The summed E-state index contributed by atoms with van der Waals surface area (Å²) < 4.78 is 0. The number of nitrogens with two attached hydrogens (primary N) is 1. The van der Waals surface area contributed by atoms with Gasteiger partial charge in [0.1, 0.15) is 12.1 Å². The number of carbonyl (C=O) groups excluding carboxylic acids is 3. The molecule has 0 aromatic rings. The number of hydrogen-bond acceptors (Lipinski definition) is 4. The topological polar surface area (TPSA) is 92.5 Å². The number of amides is 3. The Bertz CT molecular complexity index is 364. The molecule has 0 bridgehead atoms. The van der Waals surface area contributed by atoms with Crippen LogP contribution in [-0.2, 0) is 14.4 Å². The maximum absolute atomic E-state index is 12.0. The zero-order valence-electron chi connectivity index (χ0n) is 11.2. The van der Waals surface area contributed by atoms with Crippen LogP contribution in [0.4, 0.5) is 0 Å². The molecule has 1 heterocycles. The summed E-state index contributed by atoms with van der Waals surface area (Å²) in [7, 11) is 0. The summed E-state index contributed by atoms with van der Waals surface area (Å²) in [5.41, 5.74) is 4.64. The quantitative estimate of drug-likeness (QED) is 0.678. The third-order valence-corrected chi connectivity index (χ3v) is 3.14. The lowest BCUT2D eigenvalue weighted by atomic mass is 9.97. The first-order valence-electron chi connectivity index (χ1n) is 6.15. The van der Waals surface area contributed by atoms with Crippen molar-refractivity contribution < 1.29 is 14.4 Å². The SMILES string of the molecule is CC(N)CCCC(=O)N1CC(=O)NC(=O)C1(C)C. The smallest absolute Gasteiger partial charge is 0.252 e. The number of piperazine rings is 1. The van der Waals surface area contributed by atoms with Crippen molar-refractivity contribution in [3.63, 3.8) is 0 Å². The van der Waals surface area contributed by atoms with Crippen molar-refractivity contribution in [2.75, 3.05) is 6.54 Å². The van der Waals surface area contributed by atoms with Gasteiger partial charge in [0.2, 0.25) is 11.8 Å². The van der Waals surface area contributed by atoms with E-state index in [-0.39, 0.29) is 18.5 Å². The lowest BCUT2D eigenvalue weighted by Crippen LogP contribution is -2.65. The number of rotatable bonds is 4. The first kappa shape index (κ1) is 14.6. The highest BCUT2D eigenvalue weighted by Crippen LogP contribution is 2.19. The van der Waals surface area contributed by atoms with Gasteiger partial charge in [0.05, 0.1) is 0 Å². The highest BCUT2D eigenvalue weighted by atomic mass is 16.2. The van der Waals surface area contributed by atoms with E-state index in [9.17, 15) is 14.4 Å². The Hall–Kier alpha value is -1.43. The van der Waals surface area contributed by atoms with E-state index in [2.05, 4.69) is 5.32 Å². The summed E-state index contributed by atoms with van der Waals surface area (Å²) in [6.07, 6.45) is 1.73. The van der Waals surface area contributed by atoms with E-state index in [1.165, 1.54) is 4.90 Å². The number of imide groups is 1. The summed E-state index contributed by atoms with van der Waals surface area (Å²) >= 11 is 0. The van der Waals surface area contributed by atoms with E-state index in [0.717, 1.165) is 6.42 Å². The third kappa shape index (κ3) is 3.29. The van der Waals surface area contributed by atoms with Crippen molar-refractivity contribution in [1.29, 1.82) is 0 Å². The van der Waals surface area contributed by atoms with Crippen molar-refractivity contribution >= 4 is 17.7 Å². The molecule has 1 aliphatic rings. The maximum Gasteiger partial charge on any atom is 0.252 e. The average molecular weight is 255 g/mol. The molecule has 0 aliphatic carbocycles. The van der Waals surface area contributed by atoms with Crippen LogP contribution in [0.5, 0.6) is 0 Å². The fraction of sp³-hybridized carbons (Fsp3) is 0.750. The summed E-state index contributed by atoms with van der Waals surface area (Å²) in [4.78, 5) is 36.4. The largest absolute Gasteiger partial charge is 0.328 e. The molecule has 3 N–H and O–H groups in total. The van der Waals surface area contributed by atoms with Crippen molar-refractivity contribution in [3.8, 4) is 0 Å². The minimum Gasteiger partial charge on any atom is -0.328 e. The molecule has 0 saturated carbocycles. The minimum absolute atomic E-state index is 0.0529. The molecule has 1 atom stereocenters. The lowest BCUT2D eigenvalue weighted by molar-refractivity contribution is -0.155. The molecule has 18 heavy (non-hydrogen) atoms. The maximum atomic E-state index is 12.0. The molecule has 0 spiro atoms. The van der Waals surface area contributed by atoms with Crippen LogP contribution in [0, 0.1) is 0 Å². The van der Waals surface area contributed by atoms with Gasteiger partial charge >= 0.3 is 0 Å². The van der Waals surface area contributed by atoms with E-state index >= 15 is 0 Å². The molecular weight excluding hydrogens is 234 g/mol. The molecule has 3 amide bonds. The van der Waals surface area contributed by atoms with Crippen molar-refractivity contribution in [3.05, 3.63) is 0 Å². The number of nitrogens with zero attached hydrogens (tertiary/aromatic N) is 1. The molecule has 1 saturated heterocycles. The number of carbonyl (C=O) groups is 3. The first-order valence-corrected chi connectivity index (χ1v) is 6.15. The monoisotopic (exact) mass is 255 g/mol. The molecule has 102 valence electrons. The van der Waals surface area contributed by atoms with Crippen LogP contribution in [-0.4, -0.2) is 40.7 Å². The zero-order chi connectivity index (χ0) is 13.9. The normalized spacial score (nSPS) is 20.6. The fourth-order valence-electron chi connectivity index (χ4n) is 1.89. The van der Waals surface area contributed by atoms with Crippen LogP contribution in [0.25, 0.3) is 0 Å². The van der Waals surface area contributed by atoms with Crippen molar-refractivity contribution in [1.82, 2.24) is 10.2 Å². The van der Waals surface area contributed by atoms with Gasteiger partial charge in [-0.25, -0.2) is 0 Å². The van der Waals surface area contributed by atoms with E-state index < -0.39 is 17.4 Å². The standard InChI is InChI=1S/C12H21N3O3/c1-8(13)5-4-6-10(17)15-7-9(16)14-11(18)12(15,2)3/h8H,4-7,13H2,1-3H3,(H,14,16,18). The molecule has 0 aromatic carbocycles. The second kappa shape index (κ2) is 5.48. The van der Waals surface area contributed by atoms with Gasteiger partial charge in [-0.05, 0) is 33.6 Å². The van der Waals surface area contributed by atoms with Crippen LogP contribution in [0.3, 0.4) is 0 Å². The number of hydrogen-bond donors (Lipinski definition) is 2. The van der Waals surface area contributed by atoms with Crippen LogP contribution < -0.4 is 11.1 Å². The lowest BCUT2D eigenvalue weighted by Gasteiger charge is -2.40. The zero-order valence-corrected chi connectivity index (χ0v) is 11.2. The van der Waals surface area contributed by atoms with Gasteiger partial charge in [-0.2, -0.15) is 0 Å². The van der Waals surface area contributed by atoms with Gasteiger partial charge in [-0.15, -0.1) is 0 Å². The summed E-state index contributed by atoms with van der Waals surface area (Å²) in [6, 6.07) is 0.0529. The van der Waals surface area contributed by atoms with E-state index in [1.807, 2.05) is 6.92 Å². The molecule has 1 aliphatic heterocycles. The summed E-state index contributed by atoms with van der Waals surface area (Å²) in [6.45, 7) is 5.10. The molecule has 1 fully saturated rings. The Morgan fingerprint density at radius 3 is 2.67 bits per heavy atom. The Morgan fingerprint density at radius 2 is 2.11 bits per heavy atom. The van der Waals surface area contributed by atoms with Gasteiger partial charge in [0, 0.05) is 12.5 Å². The van der Waals surface area contributed by atoms with Crippen LogP contribution in [0.2, 0.25) is 0 Å². The van der Waals surface area contributed by atoms with Gasteiger partial charge in [0.25, 0.3) is 5.91 Å². The fourth-order valence-corrected chi connectivity index (χ4v) is 1.89. The molecule has 1 unspecified atom stereocenters. The Balaban J connectivity index is 2.64. The molecule has 1 rings (SSSR count). The molecule has 0 aromatic heterocycles. The predicted molar refractivity (Wildman–Crippen MR) is 66.4 cm³/mol.